The summed E-state index contributed by atoms with van der Waals surface area (Å²) in [6.07, 6.45) is 3.46. The van der Waals surface area contributed by atoms with Crippen LogP contribution in [0.3, 0.4) is 0 Å². The Morgan fingerprint density at radius 1 is 1.12 bits per heavy atom. The molecule has 3 heterocycles. The van der Waals surface area contributed by atoms with Gasteiger partial charge in [0, 0.05) is 5.56 Å². The fourth-order valence-electron chi connectivity index (χ4n) is 2.60. The number of aromatic nitrogens is 3. The lowest BCUT2D eigenvalue weighted by Crippen LogP contribution is -2.04. The topological polar surface area (TPSA) is 64.6 Å². The molecule has 4 rings (SSSR count). The quantitative estimate of drug-likeness (QED) is 0.608. The van der Waals surface area contributed by atoms with Gasteiger partial charge in [0.15, 0.2) is 5.65 Å². The summed E-state index contributed by atoms with van der Waals surface area (Å²) in [6.45, 7) is 0.574. The number of hydrogen-bond acceptors (Lipinski definition) is 5. The Bertz CT molecular complexity index is 960. The molecule has 4 aromatic rings. The Labute approximate surface area is 138 Å². The summed E-state index contributed by atoms with van der Waals surface area (Å²) in [5, 5.41) is 7.88. The SMILES string of the molecule is COc1ccccc1-c1cnc2ccc(NCc3ccco3)nn12. The number of nitrogens with one attached hydrogen (secondary N) is 1. The van der Waals surface area contributed by atoms with Crippen LogP contribution in [0.15, 0.2) is 65.4 Å². The van der Waals surface area contributed by atoms with Crippen LogP contribution in [0.2, 0.25) is 0 Å². The minimum Gasteiger partial charge on any atom is -0.496 e. The van der Waals surface area contributed by atoms with Crippen LogP contribution < -0.4 is 10.1 Å². The molecule has 0 bridgehead atoms. The minimum atomic E-state index is 0.574. The Balaban J connectivity index is 1.71. The number of anilines is 1. The Hall–Kier alpha value is -3.28. The van der Waals surface area contributed by atoms with Crippen LogP contribution in [-0.4, -0.2) is 21.7 Å². The largest absolute Gasteiger partial charge is 0.496 e. The molecule has 0 aliphatic rings. The van der Waals surface area contributed by atoms with Crippen LogP contribution in [0.1, 0.15) is 5.76 Å². The molecule has 0 spiro atoms. The van der Waals surface area contributed by atoms with Gasteiger partial charge in [-0.25, -0.2) is 9.50 Å². The molecule has 0 saturated heterocycles. The van der Waals surface area contributed by atoms with Gasteiger partial charge < -0.3 is 14.5 Å². The first-order valence-electron chi connectivity index (χ1n) is 7.59. The highest BCUT2D eigenvalue weighted by Crippen LogP contribution is 2.29. The van der Waals surface area contributed by atoms with Crippen LogP contribution in [0.25, 0.3) is 16.9 Å². The first-order valence-corrected chi connectivity index (χ1v) is 7.59. The average Bonchev–Trinajstić information content (AvgIpc) is 3.29. The molecular weight excluding hydrogens is 304 g/mol. The van der Waals surface area contributed by atoms with Gasteiger partial charge in [0.25, 0.3) is 0 Å². The second kappa shape index (κ2) is 6.08. The average molecular weight is 320 g/mol. The fraction of sp³-hybridized carbons (Fsp3) is 0.111. The van der Waals surface area contributed by atoms with Crippen molar-refractivity contribution >= 4 is 11.5 Å². The predicted octanol–water partition coefficient (Wildman–Crippen LogP) is 3.61. The van der Waals surface area contributed by atoms with E-state index in [0.29, 0.717) is 6.54 Å². The molecule has 1 N–H and O–H groups in total. The molecule has 6 heteroatoms. The zero-order valence-electron chi connectivity index (χ0n) is 13.1. The molecule has 120 valence electrons. The number of nitrogens with zero attached hydrogens (tertiary/aromatic N) is 3. The number of para-hydroxylation sites is 1. The van der Waals surface area contributed by atoms with Crippen molar-refractivity contribution in [1.29, 1.82) is 0 Å². The molecule has 0 atom stereocenters. The fourth-order valence-corrected chi connectivity index (χ4v) is 2.60. The van der Waals surface area contributed by atoms with E-state index in [2.05, 4.69) is 15.4 Å². The molecule has 0 amide bonds. The third-order valence-electron chi connectivity index (χ3n) is 3.77. The molecule has 24 heavy (non-hydrogen) atoms. The Morgan fingerprint density at radius 2 is 2.04 bits per heavy atom. The van der Waals surface area contributed by atoms with Crippen molar-refractivity contribution < 1.29 is 9.15 Å². The summed E-state index contributed by atoms with van der Waals surface area (Å²) in [4.78, 5) is 4.42. The summed E-state index contributed by atoms with van der Waals surface area (Å²) < 4.78 is 12.6. The zero-order valence-corrected chi connectivity index (χ0v) is 13.1. The lowest BCUT2D eigenvalue weighted by molar-refractivity contribution is 0.416. The Morgan fingerprint density at radius 3 is 2.88 bits per heavy atom. The van der Waals surface area contributed by atoms with Crippen molar-refractivity contribution in [3.8, 4) is 17.0 Å². The van der Waals surface area contributed by atoms with Gasteiger partial charge in [0.1, 0.15) is 17.3 Å². The monoisotopic (exact) mass is 320 g/mol. The molecule has 0 unspecified atom stereocenters. The maximum Gasteiger partial charge on any atom is 0.154 e. The number of ether oxygens (including phenoxy) is 1. The molecule has 0 aliphatic heterocycles. The number of imidazole rings is 1. The van der Waals surface area contributed by atoms with Gasteiger partial charge in [-0.15, -0.1) is 5.10 Å². The third kappa shape index (κ3) is 2.58. The zero-order chi connectivity index (χ0) is 16.4. The standard InChI is InChI=1S/C18H16N4O2/c1-23-16-7-3-2-6-14(16)15-12-20-18-9-8-17(21-22(15)18)19-11-13-5-4-10-24-13/h2-10,12H,11H2,1H3,(H,19,21). The van der Waals surface area contributed by atoms with Crippen LogP contribution in [-0.2, 0) is 6.54 Å². The van der Waals surface area contributed by atoms with Crippen molar-refractivity contribution in [3.05, 3.63) is 66.8 Å². The van der Waals surface area contributed by atoms with Crippen molar-refractivity contribution in [1.82, 2.24) is 14.6 Å². The summed E-state index contributed by atoms with van der Waals surface area (Å²) in [5.74, 6) is 2.38. The smallest absolute Gasteiger partial charge is 0.154 e. The number of fused-ring (bicyclic) bond motifs is 1. The first-order chi connectivity index (χ1) is 11.8. The minimum absolute atomic E-state index is 0.574. The number of hydrogen-bond donors (Lipinski definition) is 1. The summed E-state index contributed by atoms with van der Waals surface area (Å²) >= 11 is 0. The van der Waals surface area contributed by atoms with Crippen LogP contribution in [0.5, 0.6) is 5.75 Å². The molecule has 6 nitrogen and oxygen atoms in total. The van der Waals surface area contributed by atoms with E-state index in [-0.39, 0.29) is 0 Å². The van der Waals surface area contributed by atoms with Crippen LogP contribution in [0.4, 0.5) is 5.82 Å². The second-order valence-corrected chi connectivity index (χ2v) is 5.27. The van der Waals surface area contributed by atoms with E-state index in [1.807, 2.05) is 53.0 Å². The van der Waals surface area contributed by atoms with E-state index in [0.717, 1.165) is 34.2 Å². The maximum absolute atomic E-state index is 5.45. The van der Waals surface area contributed by atoms with Gasteiger partial charge in [0.05, 0.1) is 31.8 Å². The third-order valence-corrected chi connectivity index (χ3v) is 3.77. The van der Waals surface area contributed by atoms with Gasteiger partial charge in [-0.3, -0.25) is 0 Å². The van der Waals surface area contributed by atoms with E-state index in [9.17, 15) is 0 Å². The molecule has 0 radical (unpaired) electrons. The maximum atomic E-state index is 5.45. The van der Waals surface area contributed by atoms with Gasteiger partial charge in [0.2, 0.25) is 0 Å². The molecule has 0 fully saturated rings. The normalized spacial score (nSPS) is 10.9. The van der Waals surface area contributed by atoms with Gasteiger partial charge in [-0.05, 0) is 36.4 Å². The molecule has 0 aliphatic carbocycles. The lowest BCUT2D eigenvalue weighted by Gasteiger charge is -2.08. The number of benzene rings is 1. The van der Waals surface area contributed by atoms with E-state index >= 15 is 0 Å². The van der Waals surface area contributed by atoms with Crippen molar-refractivity contribution in [2.75, 3.05) is 12.4 Å². The highest BCUT2D eigenvalue weighted by atomic mass is 16.5. The summed E-state index contributed by atoms with van der Waals surface area (Å²) in [7, 11) is 1.66. The molecule has 1 aromatic carbocycles. The van der Waals surface area contributed by atoms with E-state index in [4.69, 9.17) is 9.15 Å². The van der Waals surface area contributed by atoms with E-state index in [1.54, 1.807) is 19.6 Å². The lowest BCUT2D eigenvalue weighted by atomic mass is 10.1. The number of methoxy groups -OCH3 is 1. The van der Waals surface area contributed by atoms with Gasteiger partial charge >= 0.3 is 0 Å². The van der Waals surface area contributed by atoms with Crippen molar-refractivity contribution in [2.24, 2.45) is 0 Å². The van der Waals surface area contributed by atoms with Crippen LogP contribution >= 0.6 is 0 Å². The van der Waals surface area contributed by atoms with Crippen molar-refractivity contribution in [2.45, 2.75) is 6.54 Å². The summed E-state index contributed by atoms with van der Waals surface area (Å²) in [5.41, 5.74) is 2.60. The van der Waals surface area contributed by atoms with E-state index < -0.39 is 0 Å². The molecule has 0 saturated carbocycles. The van der Waals surface area contributed by atoms with Gasteiger partial charge in [-0.2, -0.15) is 0 Å². The molecular formula is C18H16N4O2. The number of furan rings is 1. The highest BCUT2D eigenvalue weighted by Gasteiger charge is 2.12. The second-order valence-electron chi connectivity index (χ2n) is 5.27. The predicted molar refractivity (Wildman–Crippen MR) is 91.0 cm³/mol. The summed E-state index contributed by atoms with van der Waals surface area (Å²) in [6, 6.07) is 15.4. The highest BCUT2D eigenvalue weighted by molar-refractivity contribution is 5.69. The van der Waals surface area contributed by atoms with Gasteiger partial charge in [-0.1, -0.05) is 12.1 Å². The first kappa shape index (κ1) is 14.3. The van der Waals surface area contributed by atoms with Crippen LogP contribution in [0, 0.1) is 0 Å². The Kier molecular flexibility index (Phi) is 3.63. The van der Waals surface area contributed by atoms with E-state index in [1.165, 1.54) is 0 Å². The molecule has 3 aromatic heterocycles. The number of rotatable bonds is 5. The van der Waals surface area contributed by atoms with Crippen molar-refractivity contribution in [3.63, 3.8) is 0 Å².